The predicted molar refractivity (Wildman–Crippen MR) is 127 cm³/mol. The summed E-state index contributed by atoms with van der Waals surface area (Å²) in [6.07, 6.45) is 3.30. The van der Waals surface area contributed by atoms with Crippen LogP contribution in [0.25, 0.3) is 0 Å². The van der Waals surface area contributed by atoms with Crippen molar-refractivity contribution in [1.82, 2.24) is 9.97 Å². The maximum Gasteiger partial charge on any atom is 0.328 e. The molecule has 2 unspecified atom stereocenters. The van der Waals surface area contributed by atoms with Gasteiger partial charge in [0, 0.05) is 41.5 Å². The maximum absolute atomic E-state index is 13.3. The molecule has 2 saturated heterocycles. The van der Waals surface area contributed by atoms with Crippen molar-refractivity contribution in [1.29, 1.82) is 0 Å². The third-order valence-corrected chi connectivity index (χ3v) is 8.10. The van der Waals surface area contributed by atoms with Crippen LogP contribution >= 0.6 is 34.7 Å². The molecule has 2 aromatic heterocycles. The fourth-order valence-electron chi connectivity index (χ4n) is 3.95. The van der Waals surface area contributed by atoms with E-state index in [1.807, 2.05) is 27.8 Å². The summed E-state index contributed by atoms with van der Waals surface area (Å²) in [5.41, 5.74) is 0.0498. The van der Waals surface area contributed by atoms with Crippen molar-refractivity contribution in [2.24, 2.45) is 0 Å². The average molecular weight is 502 g/mol. The van der Waals surface area contributed by atoms with E-state index in [0.717, 1.165) is 17.3 Å². The molecule has 33 heavy (non-hydrogen) atoms. The van der Waals surface area contributed by atoms with Crippen LogP contribution in [0.1, 0.15) is 17.5 Å². The number of carbonyl (C=O) groups excluding carboxylic acids is 2. The smallest absolute Gasteiger partial charge is 0.328 e. The number of hydrogen-bond acceptors (Lipinski definition) is 9. The van der Waals surface area contributed by atoms with Gasteiger partial charge < -0.3 is 14.4 Å². The molecule has 0 radical (unpaired) electrons. The maximum atomic E-state index is 13.3. The van der Waals surface area contributed by atoms with Crippen LogP contribution in [0.4, 0.5) is 5.95 Å². The SMILES string of the molecule is O=C1CC(c2cnc(N3CCOCC3)nc2)(c2ccsc2)OC(=O)C1Sc1ccccc1Cl. The molecule has 2 aliphatic rings. The summed E-state index contributed by atoms with van der Waals surface area (Å²) in [7, 11) is 0. The number of esters is 1. The molecule has 2 aliphatic heterocycles. The molecule has 0 N–H and O–H groups in total. The number of thioether (sulfide) groups is 1. The zero-order valence-electron chi connectivity index (χ0n) is 17.5. The minimum atomic E-state index is -1.25. The molecule has 4 heterocycles. The number of benzene rings is 1. The Morgan fingerprint density at radius 3 is 2.52 bits per heavy atom. The molecule has 3 aromatic rings. The number of ketones is 1. The first kappa shape index (κ1) is 22.3. The van der Waals surface area contributed by atoms with Crippen molar-refractivity contribution >= 4 is 52.4 Å². The second-order valence-corrected chi connectivity index (χ2v) is 10.0. The van der Waals surface area contributed by atoms with Crippen LogP contribution in [0.5, 0.6) is 0 Å². The number of thiophene rings is 1. The zero-order valence-corrected chi connectivity index (χ0v) is 19.9. The van der Waals surface area contributed by atoms with Crippen LogP contribution in [0.2, 0.25) is 5.02 Å². The largest absolute Gasteiger partial charge is 0.447 e. The van der Waals surface area contributed by atoms with Crippen molar-refractivity contribution in [3.63, 3.8) is 0 Å². The first-order chi connectivity index (χ1) is 16.1. The minimum Gasteiger partial charge on any atom is -0.447 e. The van der Waals surface area contributed by atoms with Gasteiger partial charge in [-0.1, -0.05) is 23.7 Å². The number of aromatic nitrogens is 2. The summed E-state index contributed by atoms with van der Waals surface area (Å²) in [5.74, 6) is -0.234. The number of halogens is 1. The van der Waals surface area contributed by atoms with Gasteiger partial charge in [0.2, 0.25) is 5.95 Å². The summed E-state index contributed by atoms with van der Waals surface area (Å²) in [6, 6.07) is 8.99. The van der Waals surface area contributed by atoms with Crippen LogP contribution in [-0.4, -0.2) is 53.3 Å². The van der Waals surface area contributed by atoms with E-state index in [9.17, 15) is 9.59 Å². The molecule has 0 aliphatic carbocycles. The van der Waals surface area contributed by atoms with Gasteiger partial charge in [-0.2, -0.15) is 11.3 Å². The highest BCUT2D eigenvalue weighted by Gasteiger charge is 2.50. The Bertz CT molecular complexity index is 1130. The zero-order chi connectivity index (χ0) is 22.8. The van der Waals surface area contributed by atoms with E-state index in [0.29, 0.717) is 47.7 Å². The molecule has 170 valence electrons. The van der Waals surface area contributed by atoms with Crippen molar-refractivity contribution in [3.05, 3.63) is 69.6 Å². The van der Waals surface area contributed by atoms with Gasteiger partial charge in [-0.25, -0.2) is 9.97 Å². The summed E-state index contributed by atoms with van der Waals surface area (Å²) >= 11 is 8.83. The Balaban J connectivity index is 1.45. The van der Waals surface area contributed by atoms with E-state index in [1.54, 1.807) is 30.6 Å². The normalized spacial score (nSPS) is 23.4. The number of Topliss-reactive ketones (excluding diaryl/α,β-unsaturated/α-hetero) is 1. The first-order valence-electron chi connectivity index (χ1n) is 10.4. The average Bonchev–Trinajstić information content (AvgIpc) is 3.39. The van der Waals surface area contributed by atoms with Crippen LogP contribution in [0.15, 0.2) is 58.4 Å². The quantitative estimate of drug-likeness (QED) is 0.384. The molecular weight excluding hydrogens is 482 g/mol. The number of cyclic esters (lactones) is 1. The highest BCUT2D eigenvalue weighted by Crippen LogP contribution is 2.44. The second kappa shape index (κ2) is 9.42. The van der Waals surface area contributed by atoms with E-state index < -0.39 is 16.8 Å². The van der Waals surface area contributed by atoms with Crippen molar-refractivity contribution in [3.8, 4) is 0 Å². The lowest BCUT2D eigenvalue weighted by Gasteiger charge is -2.38. The molecule has 10 heteroatoms. The van der Waals surface area contributed by atoms with Gasteiger partial charge >= 0.3 is 5.97 Å². The Labute approximate surface area is 204 Å². The second-order valence-electron chi connectivity index (χ2n) is 7.70. The summed E-state index contributed by atoms with van der Waals surface area (Å²) in [4.78, 5) is 38.2. The highest BCUT2D eigenvalue weighted by atomic mass is 35.5. The number of hydrogen-bond donors (Lipinski definition) is 0. The Hall–Kier alpha value is -2.46. The van der Waals surface area contributed by atoms with Gasteiger partial charge in [0.15, 0.2) is 16.6 Å². The first-order valence-corrected chi connectivity index (χ1v) is 12.6. The molecule has 5 rings (SSSR count). The van der Waals surface area contributed by atoms with Gasteiger partial charge in [0.25, 0.3) is 0 Å². The summed E-state index contributed by atoms with van der Waals surface area (Å²) in [5, 5.41) is 3.29. The van der Waals surface area contributed by atoms with Crippen LogP contribution in [0.3, 0.4) is 0 Å². The van der Waals surface area contributed by atoms with Gasteiger partial charge in [0.05, 0.1) is 24.7 Å². The van der Waals surface area contributed by atoms with Crippen molar-refractivity contribution in [2.45, 2.75) is 22.2 Å². The van der Waals surface area contributed by atoms with Gasteiger partial charge in [-0.15, -0.1) is 11.8 Å². The molecule has 2 atom stereocenters. The van der Waals surface area contributed by atoms with Crippen molar-refractivity contribution in [2.75, 3.05) is 31.2 Å². The summed E-state index contributed by atoms with van der Waals surface area (Å²) in [6.45, 7) is 2.67. The third-order valence-electron chi connectivity index (χ3n) is 5.67. The summed E-state index contributed by atoms with van der Waals surface area (Å²) < 4.78 is 11.4. The lowest BCUT2D eigenvalue weighted by atomic mass is 9.82. The van der Waals surface area contributed by atoms with Crippen LogP contribution in [-0.2, 0) is 24.7 Å². The fourth-order valence-corrected chi connectivity index (χ4v) is 5.89. The number of ether oxygens (including phenoxy) is 2. The van der Waals surface area contributed by atoms with E-state index in [1.165, 1.54) is 11.3 Å². The molecule has 2 fully saturated rings. The number of morpholine rings is 1. The fraction of sp³-hybridized carbons (Fsp3) is 0.304. The van der Waals surface area contributed by atoms with Crippen molar-refractivity contribution < 1.29 is 19.1 Å². The number of nitrogens with zero attached hydrogens (tertiary/aromatic N) is 3. The Kier molecular flexibility index (Phi) is 6.38. The minimum absolute atomic E-state index is 0.00213. The van der Waals surface area contributed by atoms with Crippen LogP contribution < -0.4 is 4.90 Å². The molecule has 0 spiro atoms. The lowest BCUT2D eigenvalue weighted by molar-refractivity contribution is -0.165. The third kappa shape index (κ3) is 4.38. The van der Waals surface area contributed by atoms with Gasteiger partial charge in [-0.05, 0) is 29.0 Å². The standard InChI is InChI=1S/C23H20ClN3O4S2/c24-17-3-1-2-4-19(17)33-20-18(28)11-23(31-21(20)29,15-5-10-32-14-15)16-12-25-22(26-13-16)27-6-8-30-9-7-27/h1-5,10,12-14,20H,6-9,11H2. The van der Waals surface area contributed by atoms with E-state index in [2.05, 4.69) is 9.97 Å². The number of carbonyl (C=O) groups is 2. The lowest BCUT2D eigenvalue weighted by Crippen LogP contribution is -2.48. The van der Waals surface area contributed by atoms with E-state index in [4.69, 9.17) is 21.1 Å². The van der Waals surface area contributed by atoms with Crippen LogP contribution in [0, 0.1) is 0 Å². The highest BCUT2D eigenvalue weighted by molar-refractivity contribution is 8.01. The molecule has 1 aromatic carbocycles. The van der Waals surface area contributed by atoms with Gasteiger partial charge in [-0.3, -0.25) is 9.59 Å². The van der Waals surface area contributed by atoms with E-state index >= 15 is 0 Å². The van der Waals surface area contributed by atoms with E-state index in [-0.39, 0.29) is 12.2 Å². The molecule has 0 amide bonds. The molecule has 7 nitrogen and oxygen atoms in total. The Morgan fingerprint density at radius 1 is 1.09 bits per heavy atom. The molecule has 0 bridgehead atoms. The Morgan fingerprint density at radius 2 is 1.85 bits per heavy atom. The molecular formula is C23H20ClN3O4S2. The molecule has 0 saturated carbocycles. The monoisotopic (exact) mass is 501 g/mol. The topological polar surface area (TPSA) is 81.6 Å². The van der Waals surface area contributed by atoms with Gasteiger partial charge in [0.1, 0.15) is 0 Å². The predicted octanol–water partition coefficient (Wildman–Crippen LogP) is 3.95. The number of rotatable bonds is 5. The number of anilines is 1.